The Balaban J connectivity index is 1.79. The van der Waals surface area contributed by atoms with Gasteiger partial charge in [-0.25, -0.2) is 0 Å². The lowest BCUT2D eigenvalue weighted by atomic mass is 10.2. The number of hydrogen-bond acceptors (Lipinski definition) is 4. The minimum Gasteiger partial charge on any atom is -0.326 e. The minimum atomic E-state index is -0.0479. The van der Waals surface area contributed by atoms with Crippen LogP contribution in [0.3, 0.4) is 0 Å². The summed E-state index contributed by atoms with van der Waals surface area (Å²) in [6, 6.07) is 7.67. The first kappa shape index (κ1) is 17.0. The maximum absolute atomic E-state index is 12.1. The van der Waals surface area contributed by atoms with Crippen molar-refractivity contribution in [1.82, 2.24) is 4.90 Å². The van der Waals surface area contributed by atoms with E-state index in [0.717, 1.165) is 17.7 Å². The Labute approximate surface area is 140 Å². The van der Waals surface area contributed by atoms with Crippen molar-refractivity contribution in [3.63, 3.8) is 0 Å². The number of thiocarbonyl (C=S) groups is 1. The van der Waals surface area contributed by atoms with Crippen molar-refractivity contribution in [2.75, 3.05) is 11.9 Å². The molecule has 1 N–H and O–H groups in total. The SMILES string of the molecule is CCC1SC(=S)N(CCCC(=O)Nc2ccccc2C)C1=O. The monoisotopic (exact) mass is 336 g/mol. The van der Waals surface area contributed by atoms with Gasteiger partial charge in [0.25, 0.3) is 0 Å². The maximum Gasteiger partial charge on any atom is 0.241 e. The molecule has 1 aliphatic heterocycles. The number of para-hydroxylation sites is 1. The molecule has 2 amide bonds. The Morgan fingerprint density at radius 1 is 1.41 bits per heavy atom. The van der Waals surface area contributed by atoms with Gasteiger partial charge < -0.3 is 5.32 Å². The van der Waals surface area contributed by atoms with Crippen LogP contribution in [0.15, 0.2) is 24.3 Å². The third-order valence-corrected chi connectivity index (χ3v) is 5.33. The van der Waals surface area contributed by atoms with Crippen molar-refractivity contribution < 1.29 is 9.59 Å². The Hall–Kier alpha value is -1.40. The topological polar surface area (TPSA) is 49.4 Å². The summed E-state index contributed by atoms with van der Waals surface area (Å²) in [7, 11) is 0. The number of nitrogens with zero attached hydrogens (tertiary/aromatic N) is 1. The highest BCUT2D eigenvalue weighted by atomic mass is 32.2. The summed E-state index contributed by atoms with van der Waals surface area (Å²) in [5, 5.41) is 2.85. The highest BCUT2D eigenvalue weighted by molar-refractivity contribution is 8.24. The van der Waals surface area contributed by atoms with Gasteiger partial charge in [0, 0.05) is 18.7 Å². The van der Waals surface area contributed by atoms with Crippen LogP contribution in [0.25, 0.3) is 0 Å². The highest BCUT2D eigenvalue weighted by Gasteiger charge is 2.35. The molecule has 1 aliphatic rings. The largest absolute Gasteiger partial charge is 0.326 e. The van der Waals surface area contributed by atoms with Gasteiger partial charge in [-0.3, -0.25) is 14.5 Å². The molecule has 1 saturated heterocycles. The number of thioether (sulfide) groups is 1. The van der Waals surface area contributed by atoms with E-state index in [0.29, 0.717) is 23.7 Å². The summed E-state index contributed by atoms with van der Waals surface area (Å²) in [5.74, 6) is 0.0448. The van der Waals surface area contributed by atoms with Crippen LogP contribution in [0.1, 0.15) is 31.7 Å². The van der Waals surface area contributed by atoms with E-state index >= 15 is 0 Å². The van der Waals surface area contributed by atoms with E-state index in [1.165, 1.54) is 11.8 Å². The Morgan fingerprint density at radius 2 is 2.14 bits per heavy atom. The second-order valence-electron chi connectivity index (χ2n) is 5.24. The zero-order valence-corrected chi connectivity index (χ0v) is 14.4. The second kappa shape index (κ2) is 7.74. The van der Waals surface area contributed by atoms with Crippen LogP contribution in [-0.2, 0) is 9.59 Å². The number of benzene rings is 1. The van der Waals surface area contributed by atoms with Gasteiger partial charge in [-0.15, -0.1) is 0 Å². The Kier molecular flexibility index (Phi) is 5.97. The van der Waals surface area contributed by atoms with Crippen molar-refractivity contribution in [3.8, 4) is 0 Å². The summed E-state index contributed by atoms with van der Waals surface area (Å²) < 4.78 is 0.635. The lowest BCUT2D eigenvalue weighted by Crippen LogP contribution is -2.32. The molecule has 0 spiro atoms. The molecule has 1 atom stereocenters. The van der Waals surface area contributed by atoms with Gasteiger partial charge >= 0.3 is 0 Å². The summed E-state index contributed by atoms with van der Waals surface area (Å²) in [6.07, 6.45) is 1.77. The number of hydrogen-bond donors (Lipinski definition) is 1. The Morgan fingerprint density at radius 3 is 2.77 bits per heavy atom. The lowest BCUT2D eigenvalue weighted by Gasteiger charge is -2.15. The van der Waals surface area contributed by atoms with E-state index in [-0.39, 0.29) is 17.1 Å². The fourth-order valence-electron chi connectivity index (χ4n) is 2.28. The predicted octanol–water partition coefficient (Wildman–Crippen LogP) is 3.35. The molecule has 1 unspecified atom stereocenters. The molecule has 0 aliphatic carbocycles. The van der Waals surface area contributed by atoms with Gasteiger partial charge in [-0.05, 0) is 31.4 Å². The number of anilines is 1. The van der Waals surface area contributed by atoms with Gasteiger partial charge in [0.2, 0.25) is 11.8 Å². The molecule has 0 bridgehead atoms. The van der Waals surface area contributed by atoms with E-state index in [9.17, 15) is 9.59 Å². The Bertz CT molecular complexity index is 589. The van der Waals surface area contributed by atoms with E-state index in [1.54, 1.807) is 4.90 Å². The molecule has 4 nitrogen and oxygen atoms in total. The number of nitrogens with one attached hydrogen (secondary N) is 1. The number of aryl methyl sites for hydroxylation is 1. The van der Waals surface area contributed by atoms with Crippen molar-refractivity contribution in [2.45, 2.75) is 38.4 Å². The molecule has 22 heavy (non-hydrogen) atoms. The zero-order chi connectivity index (χ0) is 16.1. The maximum atomic E-state index is 12.1. The molecule has 1 fully saturated rings. The van der Waals surface area contributed by atoms with E-state index in [2.05, 4.69) is 5.32 Å². The first-order valence-electron chi connectivity index (χ1n) is 7.40. The zero-order valence-electron chi connectivity index (χ0n) is 12.8. The molecule has 1 aromatic rings. The van der Waals surface area contributed by atoms with Gasteiger partial charge in [-0.1, -0.05) is 49.1 Å². The van der Waals surface area contributed by atoms with Crippen LogP contribution < -0.4 is 5.32 Å². The first-order valence-corrected chi connectivity index (χ1v) is 8.69. The van der Waals surface area contributed by atoms with E-state index in [4.69, 9.17) is 12.2 Å². The van der Waals surface area contributed by atoms with Crippen molar-refractivity contribution in [1.29, 1.82) is 0 Å². The molecule has 2 rings (SSSR count). The van der Waals surface area contributed by atoms with Crippen LogP contribution in [0.2, 0.25) is 0 Å². The standard InChI is InChI=1S/C16H20N2O2S2/c1-3-13-15(20)18(16(21)22-13)10-6-9-14(19)17-12-8-5-4-7-11(12)2/h4-5,7-8,13H,3,6,9-10H2,1-2H3,(H,17,19). The fourth-order valence-corrected chi connectivity index (χ4v) is 3.76. The molecular formula is C16H20N2O2S2. The minimum absolute atomic E-state index is 0.0356. The summed E-state index contributed by atoms with van der Waals surface area (Å²) in [6.45, 7) is 4.46. The molecular weight excluding hydrogens is 316 g/mol. The molecule has 0 aromatic heterocycles. The average molecular weight is 336 g/mol. The normalized spacial score (nSPS) is 17.9. The predicted molar refractivity (Wildman–Crippen MR) is 95.0 cm³/mol. The van der Waals surface area contributed by atoms with Crippen LogP contribution in [0.4, 0.5) is 5.69 Å². The molecule has 1 aromatic carbocycles. The molecule has 6 heteroatoms. The lowest BCUT2D eigenvalue weighted by molar-refractivity contribution is -0.126. The van der Waals surface area contributed by atoms with Gasteiger partial charge in [0.1, 0.15) is 4.32 Å². The van der Waals surface area contributed by atoms with E-state index < -0.39 is 0 Å². The third-order valence-electron chi connectivity index (χ3n) is 3.58. The number of rotatable bonds is 6. The van der Waals surface area contributed by atoms with Gasteiger partial charge in [-0.2, -0.15) is 0 Å². The van der Waals surface area contributed by atoms with Crippen LogP contribution >= 0.6 is 24.0 Å². The third kappa shape index (κ3) is 4.08. The second-order valence-corrected chi connectivity index (χ2v) is 7.07. The summed E-state index contributed by atoms with van der Waals surface area (Å²) >= 11 is 6.68. The van der Waals surface area contributed by atoms with Crippen LogP contribution in [-0.4, -0.2) is 32.8 Å². The number of amides is 2. The molecule has 0 radical (unpaired) electrons. The van der Waals surface area contributed by atoms with Crippen molar-refractivity contribution in [3.05, 3.63) is 29.8 Å². The fraction of sp³-hybridized carbons (Fsp3) is 0.438. The smallest absolute Gasteiger partial charge is 0.241 e. The first-order chi connectivity index (χ1) is 10.5. The van der Waals surface area contributed by atoms with Crippen molar-refractivity contribution >= 4 is 45.8 Å². The average Bonchev–Trinajstić information content (AvgIpc) is 2.77. The van der Waals surface area contributed by atoms with Crippen molar-refractivity contribution in [2.24, 2.45) is 0 Å². The van der Waals surface area contributed by atoms with Crippen LogP contribution in [0.5, 0.6) is 0 Å². The van der Waals surface area contributed by atoms with Gasteiger partial charge in [0.05, 0.1) is 5.25 Å². The number of carbonyl (C=O) groups excluding carboxylic acids is 2. The number of carbonyl (C=O) groups is 2. The summed E-state index contributed by atoms with van der Waals surface area (Å²) in [4.78, 5) is 25.7. The molecule has 118 valence electrons. The molecule has 1 heterocycles. The van der Waals surface area contributed by atoms with Crippen LogP contribution in [0, 0.1) is 6.92 Å². The quantitative estimate of drug-likeness (QED) is 0.809. The molecule has 0 saturated carbocycles. The summed E-state index contributed by atoms with van der Waals surface area (Å²) in [5.41, 5.74) is 1.87. The highest BCUT2D eigenvalue weighted by Crippen LogP contribution is 2.29. The van der Waals surface area contributed by atoms with E-state index in [1.807, 2.05) is 38.1 Å². The van der Waals surface area contributed by atoms with Gasteiger partial charge in [0.15, 0.2) is 0 Å².